The number of amides is 1. The highest BCUT2D eigenvalue weighted by Crippen LogP contribution is 2.18. The largest absolute Gasteiger partial charge is 0.493 e. The van der Waals surface area contributed by atoms with Crippen LogP contribution in [0.3, 0.4) is 0 Å². The molecule has 1 aliphatic rings. The van der Waals surface area contributed by atoms with Gasteiger partial charge in [-0.25, -0.2) is 0 Å². The molecule has 8 nitrogen and oxygen atoms in total. The normalized spacial score (nSPS) is 14.2. The van der Waals surface area contributed by atoms with Gasteiger partial charge >= 0.3 is 5.82 Å². The highest BCUT2D eigenvalue weighted by atomic mass is 16.6. The molecule has 0 atom stereocenters. The number of ether oxygens (including phenoxy) is 1. The first kappa shape index (κ1) is 17.7. The predicted octanol–water partition coefficient (Wildman–Crippen LogP) is 2.11. The summed E-state index contributed by atoms with van der Waals surface area (Å²) in [5.74, 6) is 0.666. The molecule has 2 heterocycles. The van der Waals surface area contributed by atoms with E-state index in [0.29, 0.717) is 39.2 Å². The Morgan fingerprint density at radius 1 is 1.12 bits per heavy atom. The second-order valence-corrected chi connectivity index (χ2v) is 5.91. The Labute approximate surface area is 151 Å². The highest BCUT2D eigenvalue weighted by Gasteiger charge is 2.22. The van der Waals surface area contributed by atoms with Crippen LogP contribution in [-0.4, -0.2) is 53.5 Å². The van der Waals surface area contributed by atoms with Crippen molar-refractivity contribution in [3.8, 4) is 5.75 Å². The Morgan fingerprint density at radius 3 is 2.46 bits per heavy atom. The number of nitrogens with zero attached hydrogens (tertiary/aromatic N) is 4. The standard InChI is InChI=1S/C18H20N4O4/c23-18(8-13-26-16-4-2-1-3-5-16)21-11-9-20(10-12-21)15-6-7-17(19-14-15)22(24)25/h1-7,14H,8-13H2. The molecular formula is C18H20N4O4. The molecule has 26 heavy (non-hydrogen) atoms. The summed E-state index contributed by atoms with van der Waals surface area (Å²) in [6.45, 7) is 2.92. The minimum Gasteiger partial charge on any atom is -0.493 e. The van der Waals surface area contributed by atoms with E-state index in [9.17, 15) is 14.9 Å². The van der Waals surface area contributed by atoms with Crippen LogP contribution in [0.25, 0.3) is 0 Å². The van der Waals surface area contributed by atoms with Gasteiger partial charge in [-0.15, -0.1) is 0 Å². The van der Waals surface area contributed by atoms with Gasteiger partial charge in [0.15, 0.2) is 6.20 Å². The average molecular weight is 356 g/mol. The van der Waals surface area contributed by atoms with Gasteiger partial charge in [0.2, 0.25) is 5.91 Å². The molecule has 1 aromatic heterocycles. The third-order valence-electron chi connectivity index (χ3n) is 4.24. The van der Waals surface area contributed by atoms with Gasteiger partial charge in [-0.3, -0.25) is 4.79 Å². The van der Waals surface area contributed by atoms with Crippen molar-refractivity contribution in [2.24, 2.45) is 0 Å². The zero-order chi connectivity index (χ0) is 18.4. The molecule has 3 rings (SSSR count). The molecule has 1 fully saturated rings. The molecule has 1 aliphatic heterocycles. The molecule has 0 unspecified atom stereocenters. The molecule has 0 bridgehead atoms. The van der Waals surface area contributed by atoms with Crippen molar-refractivity contribution in [1.29, 1.82) is 0 Å². The summed E-state index contributed by atoms with van der Waals surface area (Å²) in [6, 6.07) is 12.5. The van der Waals surface area contributed by atoms with Crippen LogP contribution in [0.4, 0.5) is 11.5 Å². The van der Waals surface area contributed by atoms with Crippen molar-refractivity contribution >= 4 is 17.4 Å². The number of carbonyl (C=O) groups is 1. The lowest BCUT2D eigenvalue weighted by Gasteiger charge is -2.35. The summed E-state index contributed by atoms with van der Waals surface area (Å²) in [6.07, 6.45) is 1.84. The molecule has 1 saturated heterocycles. The molecule has 0 aliphatic carbocycles. The van der Waals surface area contributed by atoms with E-state index in [1.807, 2.05) is 35.2 Å². The second-order valence-electron chi connectivity index (χ2n) is 5.91. The first-order chi connectivity index (χ1) is 12.6. The molecule has 0 N–H and O–H groups in total. The van der Waals surface area contributed by atoms with Crippen LogP contribution in [0, 0.1) is 10.1 Å². The summed E-state index contributed by atoms with van der Waals surface area (Å²) in [7, 11) is 0. The van der Waals surface area contributed by atoms with Gasteiger partial charge < -0.3 is 24.7 Å². The van der Waals surface area contributed by atoms with E-state index in [0.717, 1.165) is 11.4 Å². The third-order valence-corrected chi connectivity index (χ3v) is 4.24. The van der Waals surface area contributed by atoms with E-state index < -0.39 is 4.92 Å². The molecule has 0 saturated carbocycles. The van der Waals surface area contributed by atoms with Crippen molar-refractivity contribution in [3.05, 3.63) is 58.8 Å². The van der Waals surface area contributed by atoms with Gasteiger partial charge in [0.1, 0.15) is 5.75 Å². The number of hydrogen-bond acceptors (Lipinski definition) is 6. The lowest BCUT2D eigenvalue weighted by Crippen LogP contribution is -2.49. The second kappa shape index (κ2) is 8.28. The zero-order valence-corrected chi connectivity index (χ0v) is 14.3. The van der Waals surface area contributed by atoms with Gasteiger partial charge in [0.25, 0.3) is 0 Å². The van der Waals surface area contributed by atoms with Crippen LogP contribution < -0.4 is 9.64 Å². The average Bonchev–Trinajstić information content (AvgIpc) is 2.69. The zero-order valence-electron chi connectivity index (χ0n) is 14.3. The molecular weight excluding hydrogens is 336 g/mol. The van der Waals surface area contributed by atoms with Gasteiger partial charge in [0.05, 0.1) is 18.7 Å². The van der Waals surface area contributed by atoms with Gasteiger partial charge in [-0.1, -0.05) is 18.2 Å². The fraction of sp³-hybridized carbons (Fsp3) is 0.333. The summed E-state index contributed by atoms with van der Waals surface area (Å²) in [5.41, 5.74) is 0.829. The van der Waals surface area contributed by atoms with Gasteiger partial charge in [0, 0.05) is 32.2 Å². The fourth-order valence-corrected chi connectivity index (χ4v) is 2.82. The Kier molecular flexibility index (Phi) is 5.62. The number of nitro groups is 1. The minimum absolute atomic E-state index is 0.0717. The summed E-state index contributed by atoms with van der Waals surface area (Å²) in [4.78, 5) is 30.2. The number of anilines is 1. The lowest BCUT2D eigenvalue weighted by atomic mass is 10.2. The number of hydrogen-bond donors (Lipinski definition) is 0. The van der Waals surface area contributed by atoms with Crippen LogP contribution in [0.2, 0.25) is 0 Å². The maximum Gasteiger partial charge on any atom is 0.363 e. The number of piperazine rings is 1. The Balaban J connectivity index is 1.44. The molecule has 2 aromatic rings. The number of benzene rings is 1. The molecule has 0 radical (unpaired) electrons. The summed E-state index contributed by atoms with van der Waals surface area (Å²) in [5, 5.41) is 10.7. The van der Waals surface area contributed by atoms with E-state index in [4.69, 9.17) is 4.74 Å². The van der Waals surface area contributed by atoms with Crippen molar-refractivity contribution in [2.45, 2.75) is 6.42 Å². The molecule has 8 heteroatoms. The van der Waals surface area contributed by atoms with Crippen LogP contribution in [0.1, 0.15) is 6.42 Å². The molecule has 136 valence electrons. The molecule has 1 aromatic carbocycles. The van der Waals surface area contributed by atoms with Gasteiger partial charge in [-0.2, -0.15) is 0 Å². The lowest BCUT2D eigenvalue weighted by molar-refractivity contribution is -0.389. The van der Waals surface area contributed by atoms with Crippen LogP contribution >= 0.6 is 0 Å². The maximum atomic E-state index is 12.3. The van der Waals surface area contributed by atoms with Crippen molar-refractivity contribution in [3.63, 3.8) is 0 Å². The van der Waals surface area contributed by atoms with Crippen molar-refractivity contribution in [2.75, 3.05) is 37.7 Å². The van der Waals surface area contributed by atoms with E-state index >= 15 is 0 Å². The van der Waals surface area contributed by atoms with Crippen LogP contribution in [-0.2, 0) is 4.79 Å². The monoisotopic (exact) mass is 356 g/mol. The molecule has 0 spiro atoms. The SMILES string of the molecule is O=C(CCOc1ccccc1)N1CCN(c2ccc([N+](=O)[O-])nc2)CC1. The minimum atomic E-state index is -0.516. The van der Waals surface area contributed by atoms with E-state index in [2.05, 4.69) is 9.88 Å². The Bertz CT molecular complexity index is 744. The smallest absolute Gasteiger partial charge is 0.363 e. The van der Waals surface area contributed by atoms with Gasteiger partial charge in [-0.05, 0) is 28.1 Å². The number of pyridine rings is 1. The summed E-state index contributed by atoms with van der Waals surface area (Å²) >= 11 is 0. The number of rotatable bonds is 6. The number of carbonyl (C=O) groups excluding carboxylic acids is 1. The van der Waals surface area contributed by atoms with E-state index in [1.54, 1.807) is 6.07 Å². The quantitative estimate of drug-likeness (QED) is 0.582. The first-order valence-corrected chi connectivity index (χ1v) is 8.44. The summed E-state index contributed by atoms with van der Waals surface area (Å²) < 4.78 is 5.57. The Morgan fingerprint density at radius 2 is 1.85 bits per heavy atom. The van der Waals surface area contributed by atoms with Crippen LogP contribution in [0.15, 0.2) is 48.7 Å². The fourth-order valence-electron chi connectivity index (χ4n) is 2.82. The number of para-hydroxylation sites is 1. The van der Waals surface area contributed by atoms with Crippen molar-refractivity contribution < 1.29 is 14.5 Å². The number of aromatic nitrogens is 1. The van der Waals surface area contributed by atoms with E-state index in [-0.39, 0.29) is 11.7 Å². The van der Waals surface area contributed by atoms with Crippen LogP contribution in [0.5, 0.6) is 5.75 Å². The topological polar surface area (TPSA) is 88.8 Å². The van der Waals surface area contributed by atoms with E-state index in [1.165, 1.54) is 12.3 Å². The van der Waals surface area contributed by atoms with Crippen molar-refractivity contribution in [1.82, 2.24) is 9.88 Å². The highest BCUT2D eigenvalue weighted by molar-refractivity contribution is 5.76. The molecule has 1 amide bonds. The predicted molar refractivity (Wildman–Crippen MR) is 96.2 cm³/mol. The first-order valence-electron chi connectivity index (χ1n) is 8.44. The maximum absolute atomic E-state index is 12.3. The third kappa shape index (κ3) is 4.47. The Hall–Kier alpha value is -3.16.